The minimum Gasteiger partial charge on any atom is -0.455 e. The van der Waals surface area contributed by atoms with Crippen LogP contribution in [0.3, 0.4) is 0 Å². The molecule has 0 aromatic rings. The highest BCUT2D eigenvalue weighted by atomic mass is 16.6. The van der Waals surface area contributed by atoms with Gasteiger partial charge in [-0.1, -0.05) is 39.7 Å². The Morgan fingerprint density at radius 1 is 1.20 bits per heavy atom. The molecule has 2 rings (SSSR count). The van der Waals surface area contributed by atoms with E-state index in [9.17, 15) is 4.79 Å². The summed E-state index contributed by atoms with van der Waals surface area (Å²) in [5.41, 5.74) is 0.309. The summed E-state index contributed by atoms with van der Waals surface area (Å²) in [4.78, 5) is 12.1. The van der Waals surface area contributed by atoms with Crippen LogP contribution in [-0.4, -0.2) is 11.6 Å². The molecule has 0 aromatic heterocycles. The van der Waals surface area contributed by atoms with E-state index < -0.39 is 0 Å². The highest BCUT2D eigenvalue weighted by Crippen LogP contribution is 2.55. The van der Waals surface area contributed by atoms with Gasteiger partial charge in [0, 0.05) is 11.5 Å². The van der Waals surface area contributed by atoms with Crippen molar-refractivity contribution < 1.29 is 9.53 Å². The smallest absolute Gasteiger partial charge is 0.333 e. The van der Waals surface area contributed by atoms with Gasteiger partial charge in [0.1, 0.15) is 5.60 Å². The molecule has 0 radical (unpaired) electrons. The van der Waals surface area contributed by atoms with Crippen LogP contribution < -0.4 is 0 Å². The highest BCUT2D eigenvalue weighted by molar-refractivity contribution is 5.87. The van der Waals surface area contributed by atoms with Crippen molar-refractivity contribution in [3.05, 3.63) is 12.2 Å². The van der Waals surface area contributed by atoms with E-state index in [4.69, 9.17) is 4.74 Å². The summed E-state index contributed by atoms with van der Waals surface area (Å²) in [6, 6.07) is 0. The fourth-order valence-electron chi connectivity index (χ4n) is 4.68. The number of rotatable bonds is 7. The Morgan fingerprint density at radius 3 is 2.25 bits per heavy atom. The second-order valence-corrected chi connectivity index (χ2v) is 7.02. The van der Waals surface area contributed by atoms with Gasteiger partial charge in [-0.05, 0) is 50.9 Å². The number of carbonyl (C=O) groups is 1. The summed E-state index contributed by atoms with van der Waals surface area (Å²) >= 11 is 0. The molecule has 3 unspecified atom stereocenters. The third-order valence-corrected chi connectivity index (χ3v) is 5.40. The number of hydrogen-bond acceptors (Lipinski definition) is 2. The monoisotopic (exact) mass is 278 g/mol. The molecular formula is C18H30O2. The van der Waals surface area contributed by atoms with Crippen molar-refractivity contribution >= 4 is 5.97 Å². The van der Waals surface area contributed by atoms with Gasteiger partial charge < -0.3 is 4.74 Å². The SMILES string of the molecule is C=C(C)C(=O)OC(CCC)(CCC)C1CC2CCC1C2. The normalized spacial score (nSPS) is 28.6. The van der Waals surface area contributed by atoms with Gasteiger partial charge in [-0.3, -0.25) is 0 Å². The summed E-state index contributed by atoms with van der Waals surface area (Å²) in [7, 11) is 0. The van der Waals surface area contributed by atoms with Gasteiger partial charge in [-0.15, -0.1) is 0 Å². The lowest BCUT2D eigenvalue weighted by molar-refractivity contribution is -0.167. The number of esters is 1. The minimum absolute atomic E-state index is 0.185. The molecule has 20 heavy (non-hydrogen) atoms. The van der Waals surface area contributed by atoms with E-state index in [-0.39, 0.29) is 11.6 Å². The van der Waals surface area contributed by atoms with Crippen LogP contribution in [0.15, 0.2) is 12.2 Å². The molecule has 0 amide bonds. The van der Waals surface area contributed by atoms with Crippen LogP contribution in [0.1, 0.15) is 72.1 Å². The quantitative estimate of drug-likeness (QED) is 0.490. The van der Waals surface area contributed by atoms with Gasteiger partial charge in [0.05, 0.1) is 0 Å². The van der Waals surface area contributed by atoms with E-state index in [0.29, 0.717) is 11.5 Å². The highest BCUT2D eigenvalue weighted by Gasteiger charge is 2.51. The zero-order chi connectivity index (χ0) is 14.8. The lowest BCUT2D eigenvalue weighted by atomic mass is 9.71. The van der Waals surface area contributed by atoms with Crippen molar-refractivity contribution in [2.24, 2.45) is 17.8 Å². The van der Waals surface area contributed by atoms with Crippen LogP contribution in [0.4, 0.5) is 0 Å². The largest absolute Gasteiger partial charge is 0.455 e. The first kappa shape index (κ1) is 15.6. The van der Waals surface area contributed by atoms with E-state index in [0.717, 1.165) is 37.5 Å². The summed E-state index contributed by atoms with van der Waals surface area (Å²) in [6.07, 6.45) is 9.55. The molecule has 3 atom stereocenters. The predicted octanol–water partition coefficient (Wildman–Crippen LogP) is 4.88. The molecule has 0 N–H and O–H groups in total. The van der Waals surface area contributed by atoms with E-state index >= 15 is 0 Å². The van der Waals surface area contributed by atoms with E-state index in [1.807, 2.05) is 0 Å². The average molecular weight is 278 g/mol. The summed E-state index contributed by atoms with van der Waals surface area (Å²) in [5.74, 6) is 2.08. The maximum atomic E-state index is 12.1. The Kier molecular flexibility index (Phi) is 4.93. The van der Waals surface area contributed by atoms with Gasteiger partial charge in [-0.25, -0.2) is 4.79 Å². The Bertz CT molecular complexity index is 366. The molecule has 2 aliphatic rings. The van der Waals surface area contributed by atoms with Crippen LogP contribution in [0.25, 0.3) is 0 Å². The second-order valence-electron chi connectivity index (χ2n) is 7.02. The summed E-state index contributed by atoms with van der Waals surface area (Å²) < 4.78 is 6.08. The second kappa shape index (κ2) is 6.32. The van der Waals surface area contributed by atoms with Gasteiger partial charge in [-0.2, -0.15) is 0 Å². The molecule has 2 heteroatoms. The fourth-order valence-corrected chi connectivity index (χ4v) is 4.68. The van der Waals surface area contributed by atoms with Gasteiger partial charge >= 0.3 is 5.97 Å². The molecular weight excluding hydrogens is 248 g/mol. The molecule has 114 valence electrons. The van der Waals surface area contributed by atoms with Crippen LogP contribution in [0, 0.1) is 17.8 Å². The Hall–Kier alpha value is -0.790. The topological polar surface area (TPSA) is 26.3 Å². The van der Waals surface area contributed by atoms with Crippen LogP contribution in [-0.2, 0) is 9.53 Å². The van der Waals surface area contributed by atoms with E-state index in [2.05, 4.69) is 20.4 Å². The van der Waals surface area contributed by atoms with E-state index in [1.54, 1.807) is 6.92 Å². The van der Waals surface area contributed by atoms with Crippen molar-refractivity contribution in [1.29, 1.82) is 0 Å². The molecule has 0 heterocycles. The predicted molar refractivity (Wildman–Crippen MR) is 82.4 cm³/mol. The first-order valence-corrected chi connectivity index (χ1v) is 8.41. The standard InChI is InChI=1S/C18H30O2/c1-5-9-18(10-6-2,20-17(19)13(3)4)16-12-14-7-8-15(16)11-14/h14-16H,3,5-12H2,1-2,4H3. The fraction of sp³-hybridized carbons (Fsp3) is 0.833. The van der Waals surface area contributed by atoms with Crippen molar-refractivity contribution in [3.63, 3.8) is 0 Å². The van der Waals surface area contributed by atoms with Crippen molar-refractivity contribution in [2.45, 2.75) is 77.7 Å². The first-order valence-electron chi connectivity index (χ1n) is 8.41. The van der Waals surface area contributed by atoms with Gasteiger partial charge in [0.15, 0.2) is 0 Å². The first-order chi connectivity index (χ1) is 9.52. The number of fused-ring (bicyclic) bond motifs is 2. The Labute approximate surface area is 124 Å². The molecule has 0 saturated heterocycles. The molecule has 0 aromatic carbocycles. The third kappa shape index (κ3) is 2.94. The van der Waals surface area contributed by atoms with Crippen molar-refractivity contribution in [1.82, 2.24) is 0 Å². The molecule has 2 fully saturated rings. The lowest BCUT2D eigenvalue weighted by Gasteiger charge is -2.42. The van der Waals surface area contributed by atoms with E-state index in [1.165, 1.54) is 25.7 Å². The average Bonchev–Trinajstić information content (AvgIpc) is 3.01. The van der Waals surface area contributed by atoms with Crippen LogP contribution in [0.5, 0.6) is 0 Å². The third-order valence-electron chi connectivity index (χ3n) is 5.40. The lowest BCUT2D eigenvalue weighted by Crippen LogP contribution is -2.45. The maximum Gasteiger partial charge on any atom is 0.333 e. The zero-order valence-corrected chi connectivity index (χ0v) is 13.4. The Balaban J connectivity index is 2.21. The molecule has 2 aliphatic carbocycles. The zero-order valence-electron chi connectivity index (χ0n) is 13.4. The number of ether oxygens (including phenoxy) is 1. The molecule has 2 nitrogen and oxygen atoms in total. The van der Waals surface area contributed by atoms with Gasteiger partial charge in [0.25, 0.3) is 0 Å². The number of carbonyl (C=O) groups excluding carboxylic acids is 1. The molecule has 0 aliphatic heterocycles. The van der Waals surface area contributed by atoms with Crippen molar-refractivity contribution in [2.75, 3.05) is 0 Å². The van der Waals surface area contributed by atoms with Crippen LogP contribution >= 0.6 is 0 Å². The molecule has 2 saturated carbocycles. The molecule has 2 bridgehead atoms. The Morgan fingerprint density at radius 2 is 1.85 bits per heavy atom. The summed E-state index contributed by atoms with van der Waals surface area (Å²) in [6.45, 7) is 9.92. The van der Waals surface area contributed by atoms with Crippen LogP contribution in [0.2, 0.25) is 0 Å². The minimum atomic E-state index is -0.223. The number of hydrogen-bond donors (Lipinski definition) is 0. The van der Waals surface area contributed by atoms with Crippen molar-refractivity contribution in [3.8, 4) is 0 Å². The maximum absolute atomic E-state index is 12.1. The molecule has 0 spiro atoms. The summed E-state index contributed by atoms with van der Waals surface area (Å²) in [5, 5.41) is 0. The van der Waals surface area contributed by atoms with Gasteiger partial charge in [0.2, 0.25) is 0 Å².